The summed E-state index contributed by atoms with van der Waals surface area (Å²) in [5.41, 5.74) is 0.378. The van der Waals surface area contributed by atoms with Crippen molar-refractivity contribution in [2.75, 3.05) is 13.2 Å². The van der Waals surface area contributed by atoms with Crippen LogP contribution < -0.4 is 0 Å². The fraction of sp³-hybridized carbons (Fsp3) is 0.312. The third kappa shape index (κ3) is 5.14. The number of ether oxygens (including phenoxy) is 2. The summed E-state index contributed by atoms with van der Waals surface area (Å²) in [5.74, 6) is -3.64. The average molecular weight is 321 g/mol. The molecule has 0 atom stereocenters. The number of nitrogens with zero attached hydrogens (tertiary/aromatic N) is 1. The molecule has 0 aliphatic carbocycles. The first-order chi connectivity index (χ1) is 10.9. The van der Waals surface area contributed by atoms with Gasteiger partial charge in [-0.1, -0.05) is 0 Å². The second kappa shape index (κ2) is 8.57. The zero-order chi connectivity index (χ0) is 17.4. The standard InChI is InChI=1S/C16H19NO6/c1-4-22-15(20)12(9-11-7-6-8-17(11)3)13(18)10-14(19)16(21)23-5-2/h6-10,18H,4-5H2,1-3H3/b12-9-,13-10-. The maximum Gasteiger partial charge on any atom is 0.379 e. The fourth-order valence-corrected chi connectivity index (χ4v) is 1.68. The molecule has 0 aromatic carbocycles. The van der Waals surface area contributed by atoms with Crippen molar-refractivity contribution in [3.8, 4) is 0 Å². The Morgan fingerprint density at radius 3 is 2.30 bits per heavy atom. The highest BCUT2D eigenvalue weighted by Gasteiger charge is 2.20. The number of esters is 2. The fourth-order valence-electron chi connectivity index (χ4n) is 1.68. The molecule has 0 saturated heterocycles. The SMILES string of the molecule is CCOC(=O)C(=O)/C=C(O)/C(=C/c1cccn1C)C(=O)OCC. The molecular weight excluding hydrogens is 302 g/mol. The number of aliphatic hydroxyl groups is 1. The second-order valence-electron chi connectivity index (χ2n) is 4.44. The minimum Gasteiger partial charge on any atom is -0.507 e. The lowest BCUT2D eigenvalue weighted by Gasteiger charge is -2.07. The Labute approximate surface area is 133 Å². The number of ketones is 1. The van der Waals surface area contributed by atoms with E-state index in [1.165, 1.54) is 6.08 Å². The highest BCUT2D eigenvalue weighted by atomic mass is 16.5. The van der Waals surface area contributed by atoms with Crippen molar-refractivity contribution in [3.63, 3.8) is 0 Å². The second-order valence-corrected chi connectivity index (χ2v) is 4.44. The number of aryl methyl sites for hydroxylation is 1. The third-order valence-corrected chi connectivity index (χ3v) is 2.79. The molecule has 23 heavy (non-hydrogen) atoms. The molecule has 0 aliphatic heterocycles. The first-order valence-electron chi connectivity index (χ1n) is 7.02. The van der Waals surface area contributed by atoms with Crippen LogP contribution in [0.3, 0.4) is 0 Å². The van der Waals surface area contributed by atoms with Gasteiger partial charge in [-0.05, 0) is 32.1 Å². The normalized spacial score (nSPS) is 12.0. The number of hydrogen-bond acceptors (Lipinski definition) is 6. The largest absolute Gasteiger partial charge is 0.507 e. The van der Waals surface area contributed by atoms with Gasteiger partial charge in [-0.25, -0.2) is 9.59 Å². The van der Waals surface area contributed by atoms with Crippen LogP contribution in [-0.2, 0) is 30.9 Å². The van der Waals surface area contributed by atoms with Gasteiger partial charge in [-0.15, -0.1) is 0 Å². The van der Waals surface area contributed by atoms with Gasteiger partial charge in [0.1, 0.15) is 11.3 Å². The van der Waals surface area contributed by atoms with E-state index in [-0.39, 0.29) is 18.8 Å². The first-order valence-corrected chi connectivity index (χ1v) is 7.02. The molecule has 124 valence electrons. The van der Waals surface area contributed by atoms with Crippen LogP contribution in [0.1, 0.15) is 19.5 Å². The van der Waals surface area contributed by atoms with E-state index in [0.29, 0.717) is 11.8 Å². The lowest BCUT2D eigenvalue weighted by atomic mass is 10.1. The highest BCUT2D eigenvalue weighted by molar-refractivity contribution is 6.38. The topological polar surface area (TPSA) is 94.8 Å². The Hall–Kier alpha value is -2.83. The number of aliphatic hydroxyl groups excluding tert-OH is 1. The van der Waals surface area contributed by atoms with Crippen LogP contribution in [0.4, 0.5) is 0 Å². The summed E-state index contributed by atoms with van der Waals surface area (Å²) in [4.78, 5) is 34.9. The molecule has 1 rings (SSSR count). The van der Waals surface area contributed by atoms with Gasteiger partial charge in [0.05, 0.1) is 13.2 Å². The molecule has 1 heterocycles. The van der Waals surface area contributed by atoms with Crippen LogP contribution in [-0.4, -0.2) is 40.6 Å². The summed E-state index contributed by atoms with van der Waals surface area (Å²) >= 11 is 0. The van der Waals surface area contributed by atoms with Crippen LogP contribution in [0, 0.1) is 0 Å². The quantitative estimate of drug-likeness (QED) is 0.269. The molecule has 0 spiro atoms. The number of carbonyl (C=O) groups is 3. The van der Waals surface area contributed by atoms with Crippen LogP contribution >= 0.6 is 0 Å². The Bertz CT molecular complexity index is 653. The highest BCUT2D eigenvalue weighted by Crippen LogP contribution is 2.15. The molecule has 0 amide bonds. The lowest BCUT2D eigenvalue weighted by molar-refractivity contribution is -0.151. The number of carbonyl (C=O) groups excluding carboxylic acids is 3. The summed E-state index contributed by atoms with van der Waals surface area (Å²) in [6.07, 6.45) is 3.76. The van der Waals surface area contributed by atoms with Gasteiger partial charge in [-0.2, -0.15) is 0 Å². The molecule has 0 radical (unpaired) electrons. The Morgan fingerprint density at radius 2 is 1.78 bits per heavy atom. The Balaban J connectivity index is 3.16. The zero-order valence-electron chi connectivity index (χ0n) is 13.2. The number of hydrogen-bond donors (Lipinski definition) is 1. The van der Waals surface area contributed by atoms with Crippen molar-refractivity contribution in [2.45, 2.75) is 13.8 Å². The van der Waals surface area contributed by atoms with Crippen molar-refractivity contribution in [1.29, 1.82) is 0 Å². The van der Waals surface area contributed by atoms with E-state index in [4.69, 9.17) is 4.74 Å². The molecule has 0 aliphatic rings. The molecule has 0 bridgehead atoms. The van der Waals surface area contributed by atoms with E-state index in [0.717, 1.165) is 0 Å². The van der Waals surface area contributed by atoms with Crippen molar-refractivity contribution in [1.82, 2.24) is 4.57 Å². The van der Waals surface area contributed by atoms with Gasteiger partial charge in [-0.3, -0.25) is 4.79 Å². The van der Waals surface area contributed by atoms with Gasteiger partial charge in [0.25, 0.3) is 5.78 Å². The van der Waals surface area contributed by atoms with Gasteiger partial charge < -0.3 is 19.1 Å². The zero-order valence-corrected chi connectivity index (χ0v) is 13.2. The minimum absolute atomic E-state index is 0.0309. The maximum atomic E-state index is 12.0. The summed E-state index contributed by atoms with van der Waals surface area (Å²) < 4.78 is 11.1. The summed E-state index contributed by atoms with van der Waals surface area (Å²) in [6.45, 7) is 3.29. The molecular formula is C16H19NO6. The van der Waals surface area contributed by atoms with Gasteiger partial charge in [0, 0.05) is 25.0 Å². The molecule has 7 nitrogen and oxygen atoms in total. The van der Waals surface area contributed by atoms with E-state index in [1.54, 1.807) is 43.8 Å². The van der Waals surface area contributed by atoms with E-state index < -0.39 is 23.5 Å². The van der Waals surface area contributed by atoms with E-state index in [2.05, 4.69) is 4.74 Å². The van der Waals surface area contributed by atoms with Gasteiger partial charge in [0.2, 0.25) is 0 Å². The number of aromatic nitrogens is 1. The van der Waals surface area contributed by atoms with Crippen molar-refractivity contribution >= 4 is 23.8 Å². The molecule has 1 aromatic rings. The van der Waals surface area contributed by atoms with E-state index in [1.807, 2.05) is 0 Å². The van der Waals surface area contributed by atoms with Crippen molar-refractivity contribution < 1.29 is 29.0 Å². The molecule has 0 fully saturated rings. The van der Waals surface area contributed by atoms with Gasteiger partial charge in [0.15, 0.2) is 0 Å². The monoisotopic (exact) mass is 321 g/mol. The molecule has 7 heteroatoms. The van der Waals surface area contributed by atoms with Crippen LogP contribution in [0.15, 0.2) is 35.7 Å². The van der Waals surface area contributed by atoms with Crippen LogP contribution in [0.2, 0.25) is 0 Å². The van der Waals surface area contributed by atoms with Crippen LogP contribution in [0.25, 0.3) is 6.08 Å². The lowest BCUT2D eigenvalue weighted by Crippen LogP contribution is -2.17. The maximum absolute atomic E-state index is 12.0. The summed E-state index contributed by atoms with van der Waals surface area (Å²) in [5, 5.41) is 10.0. The first kappa shape index (κ1) is 18.2. The summed E-state index contributed by atoms with van der Waals surface area (Å²) in [6, 6.07) is 3.46. The number of rotatable bonds is 7. The molecule has 0 unspecified atom stereocenters. The Morgan fingerprint density at radius 1 is 1.17 bits per heavy atom. The van der Waals surface area contributed by atoms with E-state index >= 15 is 0 Å². The van der Waals surface area contributed by atoms with E-state index in [9.17, 15) is 19.5 Å². The van der Waals surface area contributed by atoms with Crippen molar-refractivity contribution in [3.05, 3.63) is 41.4 Å². The molecule has 1 aromatic heterocycles. The smallest absolute Gasteiger partial charge is 0.379 e. The molecule has 1 N–H and O–H groups in total. The average Bonchev–Trinajstić information content (AvgIpc) is 2.90. The Kier molecular flexibility index (Phi) is 6.79. The van der Waals surface area contributed by atoms with Crippen molar-refractivity contribution in [2.24, 2.45) is 7.05 Å². The predicted octanol–water partition coefficient (Wildman–Crippen LogP) is 1.55. The molecule has 0 saturated carbocycles. The minimum atomic E-state index is -1.11. The predicted molar refractivity (Wildman–Crippen MR) is 82.4 cm³/mol. The van der Waals surface area contributed by atoms with Gasteiger partial charge >= 0.3 is 11.9 Å². The van der Waals surface area contributed by atoms with Crippen LogP contribution in [0.5, 0.6) is 0 Å². The third-order valence-electron chi connectivity index (χ3n) is 2.79. The summed E-state index contributed by atoms with van der Waals surface area (Å²) in [7, 11) is 1.75.